The van der Waals surface area contributed by atoms with Crippen molar-refractivity contribution in [2.24, 2.45) is 0 Å². The highest BCUT2D eigenvalue weighted by molar-refractivity contribution is 5.52. The first-order valence-electron chi connectivity index (χ1n) is 12.1. The molecule has 2 aliphatic rings. The molecule has 8 heteroatoms. The Labute approximate surface area is 196 Å². The highest BCUT2D eigenvalue weighted by Gasteiger charge is 2.25. The van der Waals surface area contributed by atoms with Gasteiger partial charge in [-0.15, -0.1) is 0 Å². The molecule has 4 rings (SSSR count). The zero-order valence-electron chi connectivity index (χ0n) is 19.8. The molecule has 1 aromatic heterocycles. The lowest BCUT2D eigenvalue weighted by atomic mass is 10.0. The lowest BCUT2D eigenvalue weighted by molar-refractivity contribution is 0.00655. The van der Waals surface area contributed by atoms with Crippen LogP contribution in [-0.2, 0) is 17.6 Å². The van der Waals surface area contributed by atoms with E-state index < -0.39 is 0 Å². The van der Waals surface area contributed by atoms with Gasteiger partial charge in [0.15, 0.2) is 0 Å². The topological polar surface area (TPSA) is 65.0 Å². The molecule has 2 aliphatic heterocycles. The SMILES string of the molecule is CCc1nc(C)nc(N2CCN(CC(O)CN3CCOCC3)CC2)c1Cc1ccccc1F. The number of morpholine rings is 1. The average molecular weight is 458 g/mol. The van der Waals surface area contributed by atoms with Crippen molar-refractivity contribution in [3.05, 3.63) is 52.7 Å². The maximum atomic E-state index is 14.4. The molecule has 1 atom stereocenters. The van der Waals surface area contributed by atoms with Crippen LogP contribution in [0.3, 0.4) is 0 Å². The summed E-state index contributed by atoms with van der Waals surface area (Å²) in [6.07, 6.45) is 0.914. The lowest BCUT2D eigenvalue weighted by Crippen LogP contribution is -2.51. The molecule has 1 unspecified atom stereocenters. The van der Waals surface area contributed by atoms with Crippen molar-refractivity contribution in [2.75, 3.05) is 70.5 Å². The molecule has 2 fully saturated rings. The number of hydrogen-bond donors (Lipinski definition) is 1. The lowest BCUT2D eigenvalue weighted by Gasteiger charge is -2.38. The monoisotopic (exact) mass is 457 g/mol. The number of aliphatic hydroxyl groups is 1. The second-order valence-electron chi connectivity index (χ2n) is 9.00. The Morgan fingerprint density at radius 1 is 1.00 bits per heavy atom. The highest BCUT2D eigenvalue weighted by atomic mass is 19.1. The minimum absolute atomic E-state index is 0.190. The molecule has 2 saturated heterocycles. The van der Waals surface area contributed by atoms with Gasteiger partial charge in [0.25, 0.3) is 0 Å². The van der Waals surface area contributed by atoms with E-state index in [1.807, 2.05) is 19.1 Å². The number of piperazine rings is 1. The first-order chi connectivity index (χ1) is 16.0. The largest absolute Gasteiger partial charge is 0.390 e. The Bertz CT molecular complexity index is 914. The summed E-state index contributed by atoms with van der Waals surface area (Å²) in [5.41, 5.74) is 2.68. The van der Waals surface area contributed by atoms with E-state index in [-0.39, 0.29) is 11.9 Å². The zero-order chi connectivity index (χ0) is 23.2. The van der Waals surface area contributed by atoms with E-state index in [0.29, 0.717) is 25.1 Å². The van der Waals surface area contributed by atoms with Gasteiger partial charge in [-0.2, -0.15) is 0 Å². The van der Waals surface area contributed by atoms with Crippen molar-refractivity contribution in [1.29, 1.82) is 0 Å². The Balaban J connectivity index is 1.42. The number of aromatic nitrogens is 2. The number of aliphatic hydroxyl groups excluding tert-OH is 1. The van der Waals surface area contributed by atoms with Crippen molar-refractivity contribution in [3.63, 3.8) is 0 Å². The molecule has 0 saturated carbocycles. The van der Waals surface area contributed by atoms with Gasteiger partial charge in [0, 0.05) is 70.0 Å². The third-order valence-electron chi connectivity index (χ3n) is 6.56. The van der Waals surface area contributed by atoms with Crippen LogP contribution in [0.2, 0.25) is 0 Å². The maximum absolute atomic E-state index is 14.4. The Morgan fingerprint density at radius 2 is 1.67 bits per heavy atom. The molecule has 0 spiro atoms. The van der Waals surface area contributed by atoms with E-state index in [1.165, 1.54) is 6.07 Å². The van der Waals surface area contributed by atoms with Crippen molar-refractivity contribution < 1.29 is 14.2 Å². The van der Waals surface area contributed by atoms with Crippen molar-refractivity contribution in [2.45, 2.75) is 32.8 Å². The molecule has 180 valence electrons. The summed E-state index contributed by atoms with van der Waals surface area (Å²) in [5.74, 6) is 1.49. The van der Waals surface area contributed by atoms with E-state index in [0.717, 1.165) is 81.8 Å². The Morgan fingerprint density at radius 3 is 2.33 bits per heavy atom. The van der Waals surface area contributed by atoms with E-state index in [1.54, 1.807) is 6.07 Å². The van der Waals surface area contributed by atoms with Crippen LogP contribution in [0, 0.1) is 12.7 Å². The number of ether oxygens (including phenoxy) is 1. The fraction of sp³-hybridized carbons (Fsp3) is 0.600. The van der Waals surface area contributed by atoms with Gasteiger partial charge in [-0.3, -0.25) is 9.80 Å². The molecule has 1 aromatic carbocycles. The van der Waals surface area contributed by atoms with Crippen LogP contribution >= 0.6 is 0 Å². The van der Waals surface area contributed by atoms with E-state index in [9.17, 15) is 9.50 Å². The summed E-state index contributed by atoms with van der Waals surface area (Å²) in [6.45, 7) is 12.0. The average Bonchev–Trinajstić information content (AvgIpc) is 2.82. The van der Waals surface area contributed by atoms with Crippen LogP contribution in [0.25, 0.3) is 0 Å². The van der Waals surface area contributed by atoms with E-state index >= 15 is 0 Å². The van der Waals surface area contributed by atoms with Gasteiger partial charge in [-0.05, 0) is 25.0 Å². The molecule has 1 N–H and O–H groups in total. The Kier molecular flexibility index (Phi) is 8.25. The number of β-amino-alcohol motifs (C(OH)–C–C–N with tert-alkyl or cyclic N) is 1. The number of anilines is 1. The summed E-state index contributed by atoms with van der Waals surface area (Å²) in [4.78, 5) is 16.4. The molecule has 33 heavy (non-hydrogen) atoms. The highest BCUT2D eigenvalue weighted by Crippen LogP contribution is 2.26. The minimum atomic E-state index is -0.362. The fourth-order valence-electron chi connectivity index (χ4n) is 4.78. The summed E-state index contributed by atoms with van der Waals surface area (Å²) in [5, 5.41) is 10.6. The standard InChI is InChI=1S/C25H36FN5O2/c1-3-24-22(16-20-6-4-5-7-23(20)26)25(28-19(2)27-24)31-10-8-29(9-11-31)17-21(32)18-30-12-14-33-15-13-30/h4-7,21,32H,3,8-18H2,1-2H3. The van der Waals surface area contributed by atoms with Crippen molar-refractivity contribution in [1.82, 2.24) is 19.8 Å². The van der Waals surface area contributed by atoms with Crippen LogP contribution in [-0.4, -0.2) is 96.6 Å². The fourth-order valence-corrected chi connectivity index (χ4v) is 4.78. The molecule has 0 bridgehead atoms. The van der Waals surface area contributed by atoms with E-state index in [2.05, 4.69) is 26.6 Å². The minimum Gasteiger partial charge on any atom is -0.390 e. The first kappa shape index (κ1) is 24.0. The van der Waals surface area contributed by atoms with Gasteiger partial charge in [0.1, 0.15) is 17.5 Å². The number of rotatable bonds is 8. The first-order valence-corrected chi connectivity index (χ1v) is 12.1. The van der Waals surface area contributed by atoms with Crippen LogP contribution < -0.4 is 4.90 Å². The van der Waals surface area contributed by atoms with Gasteiger partial charge < -0.3 is 14.7 Å². The number of nitrogens with zero attached hydrogens (tertiary/aromatic N) is 5. The summed E-state index contributed by atoms with van der Waals surface area (Å²) >= 11 is 0. The van der Waals surface area contributed by atoms with Crippen LogP contribution in [0.4, 0.5) is 10.2 Å². The van der Waals surface area contributed by atoms with Gasteiger partial charge >= 0.3 is 0 Å². The summed E-state index contributed by atoms with van der Waals surface area (Å²) in [6, 6.07) is 6.95. The van der Waals surface area contributed by atoms with Gasteiger partial charge in [0.05, 0.1) is 19.3 Å². The van der Waals surface area contributed by atoms with Crippen LogP contribution in [0.15, 0.2) is 24.3 Å². The smallest absolute Gasteiger partial charge is 0.136 e. The second-order valence-corrected chi connectivity index (χ2v) is 9.00. The molecule has 7 nitrogen and oxygen atoms in total. The third-order valence-corrected chi connectivity index (χ3v) is 6.56. The normalized spacial score (nSPS) is 19.1. The van der Waals surface area contributed by atoms with Gasteiger partial charge in [0.2, 0.25) is 0 Å². The van der Waals surface area contributed by atoms with E-state index in [4.69, 9.17) is 9.72 Å². The Hall–Kier alpha value is -2.13. The maximum Gasteiger partial charge on any atom is 0.136 e. The predicted molar refractivity (Wildman–Crippen MR) is 127 cm³/mol. The molecule has 2 aromatic rings. The number of aryl methyl sites for hydroxylation is 2. The second kappa shape index (κ2) is 11.3. The van der Waals surface area contributed by atoms with Crippen molar-refractivity contribution in [3.8, 4) is 0 Å². The molecule has 3 heterocycles. The van der Waals surface area contributed by atoms with Crippen LogP contribution in [0.5, 0.6) is 0 Å². The van der Waals surface area contributed by atoms with Gasteiger partial charge in [-0.25, -0.2) is 14.4 Å². The molecular weight excluding hydrogens is 421 g/mol. The molecule has 0 amide bonds. The number of benzene rings is 1. The number of halogens is 1. The van der Waals surface area contributed by atoms with Gasteiger partial charge in [-0.1, -0.05) is 25.1 Å². The van der Waals surface area contributed by atoms with Crippen molar-refractivity contribution >= 4 is 5.82 Å². The summed E-state index contributed by atoms with van der Waals surface area (Å²) in [7, 11) is 0. The number of hydrogen-bond acceptors (Lipinski definition) is 7. The molecular formula is C25H36FN5O2. The predicted octanol–water partition coefficient (Wildman–Crippen LogP) is 1.89. The summed E-state index contributed by atoms with van der Waals surface area (Å²) < 4.78 is 19.8. The molecule has 0 radical (unpaired) electrons. The molecule has 0 aliphatic carbocycles. The third kappa shape index (κ3) is 6.26. The zero-order valence-corrected chi connectivity index (χ0v) is 19.8. The quantitative estimate of drug-likeness (QED) is 0.650. The van der Waals surface area contributed by atoms with Crippen LogP contribution in [0.1, 0.15) is 29.6 Å².